The third kappa shape index (κ3) is 5.73. The summed E-state index contributed by atoms with van der Waals surface area (Å²) >= 11 is 0. The third-order valence-corrected chi connectivity index (χ3v) is 0.750. The van der Waals surface area contributed by atoms with Crippen molar-refractivity contribution in [2.45, 2.75) is 26.7 Å². The lowest BCUT2D eigenvalue weighted by molar-refractivity contribution is 0.952. The fourth-order valence-corrected chi connectivity index (χ4v) is 0.456. The topological polar surface area (TPSA) is 12.4 Å². The molecule has 0 atom stereocenters. The summed E-state index contributed by atoms with van der Waals surface area (Å²) in [7, 11) is 0. The van der Waals surface area contributed by atoms with Crippen molar-refractivity contribution in [2.75, 3.05) is 6.54 Å². The molecule has 0 bridgehead atoms. The van der Waals surface area contributed by atoms with E-state index in [-0.39, 0.29) is 8.41 Å². The van der Waals surface area contributed by atoms with Gasteiger partial charge in [0.25, 0.3) is 0 Å². The number of hydrogen-bond donors (Lipinski definition) is 0. The lowest BCUT2D eigenvalue weighted by atomic mass is 10.4. The van der Waals surface area contributed by atoms with Gasteiger partial charge in [0.05, 0.1) is 0 Å². The Hall–Kier alpha value is -0.265. The minimum atomic E-state index is 0. The lowest BCUT2D eigenvalue weighted by Crippen LogP contribution is -1.62. The highest BCUT2D eigenvalue weighted by Crippen LogP contribution is 1.92. The molecule has 0 aromatic rings. The highest BCUT2D eigenvalue weighted by atomic mass is 14.7. The van der Waals surface area contributed by atoms with E-state index in [1.165, 1.54) is 12.8 Å². The molecule has 0 aromatic carbocycles. The van der Waals surface area contributed by atoms with Crippen molar-refractivity contribution in [3.05, 3.63) is 0 Å². The van der Waals surface area contributed by atoms with Gasteiger partial charge in [0.1, 0.15) is 0 Å². The molecule has 1 heterocycles. The van der Waals surface area contributed by atoms with Gasteiger partial charge in [-0.05, 0) is 19.1 Å². The van der Waals surface area contributed by atoms with E-state index >= 15 is 0 Å². The van der Waals surface area contributed by atoms with E-state index in [0.29, 0.717) is 0 Å². The van der Waals surface area contributed by atoms with Crippen LogP contribution in [0.4, 0.5) is 0 Å². The van der Waals surface area contributed by atoms with E-state index in [0.717, 1.165) is 6.54 Å². The standard InChI is InChI=1S/C4H7N.C2H6.B/c1-2-4-5-3-1;1-2;/h3H,1-2,4H2;1-2H3;. The Bertz CT molecular complexity index is 46.5. The Morgan fingerprint density at radius 2 is 2.00 bits per heavy atom. The van der Waals surface area contributed by atoms with Crippen LogP contribution in [-0.2, 0) is 0 Å². The van der Waals surface area contributed by atoms with Crippen LogP contribution in [0, 0.1) is 0 Å². The molecule has 3 radical (unpaired) electrons. The zero-order valence-corrected chi connectivity index (χ0v) is 5.72. The predicted molar refractivity (Wildman–Crippen MR) is 39.7 cm³/mol. The van der Waals surface area contributed by atoms with Crippen LogP contribution in [0.1, 0.15) is 26.7 Å². The second-order valence-corrected chi connectivity index (χ2v) is 1.23. The smallest absolute Gasteiger partial charge is 0.0388 e. The average Bonchev–Trinajstić information content (AvgIpc) is 2.23. The Kier molecular flexibility index (Phi) is 13.2. The van der Waals surface area contributed by atoms with Crippen molar-refractivity contribution in [3.8, 4) is 0 Å². The van der Waals surface area contributed by atoms with Crippen LogP contribution >= 0.6 is 0 Å². The van der Waals surface area contributed by atoms with Gasteiger partial charge in [-0.3, -0.25) is 4.99 Å². The van der Waals surface area contributed by atoms with E-state index in [9.17, 15) is 0 Å². The van der Waals surface area contributed by atoms with E-state index in [2.05, 4.69) is 4.99 Å². The number of rotatable bonds is 0. The van der Waals surface area contributed by atoms with Gasteiger partial charge < -0.3 is 0 Å². The van der Waals surface area contributed by atoms with Crippen molar-refractivity contribution in [1.82, 2.24) is 0 Å². The highest BCUT2D eigenvalue weighted by molar-refractivity contribution is 5.75. The van der Waals surface area contributed by atoms with E-state index in [4.69, 9.17) is 0 Å². The van der Waals surface area contributed by atoms with Crippen molar-refractivity contribution in [2.24, 2.45) is 4.99 Å². The molecule has 1 aliphatic heterocycles. The van der Waals surface area contributed by atoms with Crippen molar-refractivity contribution in [1.29, 1.82) is 0 Å². The Labute approximate surface area is 53.8 Å². The number of hydrogen-bond acceptors (Lipinski definition) is 1. The molecular formula is C6H13BN. The fourth-order valence-electron chi connectivity index (χ4n) is 0.456. The first-order valence-corrected chi connectivity index (χ1v) is 2.98. The molecule has 1 rings (SSSR count). The zero-order valence-electron chi connectivity index (χ0n) is 5.72. The van der Waals surface area contributed by atoms with Crippen LogP contribution < -0.4 is 0 Å². The molecule has 0 spiro atoms. The minimum Gasteiger partial charge on any atom is -0.298 e. The summed E-state index contributed by atoms with van der Waals surface area (Å²) in [6.45, 7) is 5.07. The van der Waals surface area contributed by atoms with E-state index in [1.54, 1.807) is 0 Å². The number of aliphatic imine (C=N–C) groups is 1. The molecule has 0 saturated heterocycles. The second-order valence-electron chi connectivity index (χ2n) is 1.23. The molecule has 0 aliphatic carbocycles. The fraction of sp³-hybridized carbons (Fsp3) is 0.833. The van der Waals surface area contributed by atoms with Gasteiger partial charge in [0.2, 0.25) is 0 Å². The maximum atomic E-state index is 3.96. The molecular weight excluding hydrogens is 96.9 g/mol. The molecule has 0 saturated carbocycles. The number of nitrogens with zero attached hydrogens (tertiary/aromatic N) is 1. The quantitative estimate of drug-likeness (QED) is 0.419. The van der Waals surface area contributed by atoms with Crippen LogP contribution in [0.2, 0.25) is 0 Å². The summed E-state index contributed by atoms with van der Waals surface area (Å²) in [4.78, 5) is 3.96. The summed E-state index contributed by atoms with van der Waals surface area (Å²) in [5.41, 5.74) is 0. The summed E-state index contributed by atoms with van der Waals surface area (Å²) in [6.07, 6.45) is 4.47. The maximum Gasteiger partial charge on any atom is 0.0388 e. The molecule has 0 amide bonds. The first kappa shape index (κ1) is 10.7. The monoisotopic (exact) mass is 110 g/mol. The molecule has 2 heteroatoms. The predicted octanol–water partition coefficient (Wildman–Crippen LogP) is 1.50. The highest BCUT2D eigenvalue weighted by Gasteiger charge is 1.85. The maximum absolute atomic E-state index is 3.96. The molecule has 0 N–H and O–H groups in total. The Morgan fingerprint density at radius 1 is 1.38 bits per heavy atom. The van der Waals surface area contributed by atoms with Crippen LogP contribution in [0.25, 0.3) is 0 Å². The molecule has 1 aliphatic rings. The van der Waals surface area contributed by atoms with Gasteiger partial charge in [-0.1, -0.05) is 13.8 Å². The van der Waals surface area contributed by atoms with Gasteiger partial charge >= 0.3 is 0 Å². The molecule has 1 nitrogen and oxygen atoms in total. The van der Waals surface area contributed by atoms with Gasteiger partial charge in [-0.2, -0.15) is 0 Å². The summed E-state index contributed by atoms with van der Waals surface area (Å²) in [6, 6.07) is 0. The summed E-state index contributed by atoms with van der Waals surface area (Å²) in [5, 5.41) is 0. The Balaban J connectivity index is 0. The molecule has 45 valence electrons. The van der Waals surface area contributed by atoms with Crippen molar-refractivity contribution < 1.29 is 0 Å². The SMILES string of the molecule is C1=NCCC1.CC.[B]. The van der Waals surface area contributed by atoms with Gasteiger partial charge in [-0.25, -0.2) is 0 Å². The zero-order chi connectivity index (χ0) is 5.54. The van der Waals surface area contributed by atoms with Crippen LogP contribution in [0.15, 0.2) is 4.99 Å². The third-order valence-electron chi connectivity index (χ3n) is 0.750. The molecule has 0 aromatic heterocycles. The summed E-state index contributed by atoms with van der Waals surface area (Å²) < 4.78 is 0. The normalized spacial score (nSPS) is 13.8. The van der Waals surface area contributed by atoms with Crippen LogP contribution in [0.5, 0.6) is 0 Å². The second kappa shape index (κ2) is 9.88. The van der Waals surface area contributed by atoms with Gasteiger partial charge in [-0.15, -0.1) is 0 Å². The first-order chi connectivity index (χ1) is 3.50. The molecule has 0 unspecified atom stereocenters. The Morgan fingerprint density at radius 3 is 2.12 bits per heavy atom. The van der Waals surface area contributed by atoms with Crippen molar-refractivity contribution in [3.63, 3.8) is 0 Å². The average molecular weight is 110 g/mol. The first-order valence-electron chi connectivity index (χ1n) is 2.98. The van der Waals surface area contributed by atoms with Crippen LogP contribution in [-0.4, -0.2) is 21.2 Å². The van der Waals surface area contributed by atoms with Crippen molar-refractivity contribution >= 4 is 14.6 Å². The summed E-state index contributed by atoms with van der Waals surface area (Å²) in [5.74, 6) is 0. The van der Waals surface area contributed by atoms with E-state index in [1.807, 2.05) is 20.1 Å². The van der Waals surface area contributed by atoms with Crippen LogP contribution in [0.3, 0.4) is 0 Å². The largest absolute Gasteiger partial charge is 0.298 e. The molecule has 0 fully saturated rings. The lowest BCUT2D eigenvalue weighted by Gasteiger charge is -1.67. The van der Waals surface area contributed by atoms with E-state index < -0.39 is 0 Å². The van der Waals surface area contributed by atoms with Gasteiger partial charge in [0.15, 0.2) is 0 Å². The van der Waals surface area contributed by atoms with Gasteiger partial charge in [0, 0.05) is 15.0 Å². The molecule has 8 heavy (non-hydrogen) atoms. The minimum absolute atomic E-state index is 0.